The Morgan fingerprint density at radius 1 is 1.04 bits per heavy atom. The number of carbonyl (C=O) groups excluding carboxylic acids is 1. The second-order valence-corrected chi connectivity index (χ2v) is 7.04. The van der Waals surface area contributed by atoms with Crippen molar-refractivity contribution in [2.24, 2.45) is 10.8 Å². The topological polar surface area (TPSA) is 83.1 Å². The van der Waals surface area contributed by atoms with Gasteiger partial charge in [-0.2, -0.15) is 10.5 Å². The smallest absolute Gasteiger partial charge is 0.172 e. The van der Waals surface area contributed by atoms with Gasteiger partial charge in [0, 0.05) is 11.5 Å². The van der Waals surface area contributed by atoms with E-state index in [1.807, 2.05) is 24.3 Å². The van der Waals surface area contributed by atoms with Crippen LogP contribution >= 0.6 is 0 Å². The zero-order chi connectivity index (χ0) is 19.2. The van der Waals surface area contributed by atoms with Crippen molar-refractivity contribution < 1.29 is 14.3 Å². The number of hydrogen-bond acceptors (Lipinski definition) is 5. The molecule has 5 heteroatoms. The van der Waals surface area contributed by atoms with Crippen LogP contribution in [0.2, 0.25) is 0 Å². The number of nitrogens with zero attached hydrogens (tertiary/aromatic N) is 2. The lowest BCUT2D eigenvalue weighted by Gasteiger charge is -2.25. The summed E-state index contributed by atoms with van der Waals surface area (Å²) in [5.41, 5.74) is -0.0114. The molecule has 2 aliphatic rings. The van der Waals surface area contributed by atoms with E-state index in [9.17, 15) is 15.3 Å². The third-order valence-corrected chi connectivity index (χ3v) is 6.10. The minimum Gasteiger partial charge on any atom is -0.493 e. The first-order chi connectivity index (χ1) is 13.1. The molecule has 0 heterocycles. The SMILES string of the molecule is COc1ccc(C2C(C#N)(C#N)C23CCc2ccccc2C3=O)cc1OC. The van der Waals surface area contributed by atoms with Crippen molar-refractivity contribution in [1.29, 1.82) is 10.5 Å². The van der Waals surface area contributed by atoms with Gasteiger partial charge in [0.1, 0.15) is 0 Å². The highest BCUT2D eigenvalue weighted by atomic mass is 16.5. The summed E-state index contributed by atoms with van der Waals surface area (Å²) in [5.74, 6) is 0.495. The molecule has 0 amide bonds. The van der Waals surface area contributed by atoms with Gasteiger partial charge >= 0.3 is 0 Å². The Kier molecular flexibility index (Phi) is 3.71. The van der Waals surface area contributed by atoms with Crippen LogP contribution in [0.15, 0.2) is 42.5 Å². The highest BCUT2D eigenvalue weighted by Crippen LogP contribution is 2.77. The van der Waals surface area contributed by atoms with Gasteiger partial charge in [-0.25, -0.2) is 0 Å². The summed E-state index contributed by atoms with van der Waals surface area (Å²) < 4.78 is 10.7. The van der Waals surface area contributed by atoms with E-state index in [-0.39, 0.29) is 5.78 Å². The van der Waals surface area contributed by atoms with E-state index in [4.69, 9.17) is 9.47 Å². The summed E-state index contributed by atoms with van der Waals surface area (Å²) in [6.07, 6.45) is 1.17. The number of Topliss-reactive ketones (excluding diaryl/α,β-unsaturated/α-hetero) is 1. The molecule has 134 valence electrons. The van der Waals surface area contributed by atoms with Crippen LogP contribution < -0.4 is 9.47 Å². The minimum absolute atomic E-state index is 0.104. The molecule has 1 spiro atoms. The van der Waals surface area contributed by atoms with E-state index in [2.05, 4.69) is 12.1 Å². The van der Waals surface area contributed by atoms with Crippen LogP contribution in [0.25, 0.3) is 0 Å². The van der Waals surface area contributed by atoms with Gasteiger partial charge in [-0.3, -0.25) is 4.79 Å². The summed E-state index contributed by atoms with van der Waals surface area (Å²) in [7, 11) is 3.08. The van der Waals surface area contributed by atoms with Crippen LogP contribution in [-0.2, 0) is 6.42 Å². The Hall–Kier alpha value is -3.31. The molecule has 27 heavy (non-hydrogen) atoms. The fraction of sp³-hybridized carbons (Fsp3) is 0.318. The number of carbonyl (C=O) groups is 1. The molecular weight excluding hydrogens is 340 g/mol. The van der Waals surface area contributed by atoms with Crippen molar-refractivity contribution in [3.8, 4) is 23.6 Å². The zero-order valence-corrected chi connectivity index (χ0v) is 15.2. The molecule has 4 rings (SSSR count). The van der Waals surface area contributed by atoms with Crippen molar-refractivity contribution >= 4 is 5.78 Å². The van der Waals surface area contributed by atoms with Crippen LogP contribution in [0.4, 0.5) is 0 Å². The van der Waals surface area contributed by atoms with E-state index < -0.39 is 16.7 Å². The first-order valence-corrected chi connectivity index (χ1v) is 8.76. The van der Waals surface area contributed by atoms with Crippen LogP contribution in [0, 0.1) is 33.5 Å². The molecule has 0 radical (unpaired) electrons. The van der Waals surface area contributed by atoms with E-state index in [0.29, 0.717) is 29.9 Å². The maximum atomic E-state index is 13.4. The second kappa shape index (κ2) is 5.86. The molecule has 0 N–H and O–H groups in total. The summed E-state index contributed by atoms with van der Waals surface area (Å²) >= 11 is 0. The molecule has 0 bridgehead atoms. The van der Waals surface area contributed by atoms with Crippen molar-refractivity contribution in [2.45, 2.75) is 18.8 Å². The molecule has 2 unspecified atom stereocenters. The average molecular weight is 358 g/mol. The van der Waals surface area contributed by atoms with Crippen molar-refractivity contribution in [1.82, 2.24) is 0 Å². The lowest BCUT2D eigenvalue weighted by molar-refractivity contribution is 0.0857. The molecule has 2 aliphatic carbocycles. The summed E-state index contributed by atoms with van der Waals surface area (Å²) in [5, 5.41) is 19.8. The number of methoxy groups -OCH3 is 2. The lowest BCUT2D eigenvalue weighted by Crippen LogP contribution is -2.29. The lowest BCUT2D eigenvalue weighted by atomic mass is 9.75. The van der Waals surface area contributed by atoms with Crippen LogP contribution in [0.3, 0.4) is 0 Å². The monoisotopic (exact) mass is 358 g/mol. The number of ether oxygens (including phenoxy) is 2. The number of hydrogen-bond donors (Lipinski definition) is 0. The molecule has 2 atom stereocenters. The number of fused-ring (bicyclic) bond motifs is 1. The Bertz CT molecular complexity index is 1020. The standard InChI is InChI=1S/C22H18N2O3/c1-26-17-8-7-15(11-18(17)27-2)19-21(12-23,13-24)22(19)10-9-14-5-3-4-6-16(14)20(22)25/h3-8,11,19H,9-10H2,1-2H3. The van der Waals surface area contributed by atoms with Gasteiger partial charge in [0.15, 0.2) is 22.7 Å². The van der Waals surface area contributed by atoms with Gasteiger partial charge in [0.05, 0.1) is 31.8 Å². The van der Waals surface area contributed by atoms with Gasteiger partial charge in [0.25, 0.3) is 0 Å². The van der Waals surface area contributed by atoms with Crippen LogP contribution in [0.1, 0.15) is 33.8 Å². The highest BCUT2D eigenvalue weighted by molar-refractivity contribution is 6.08. The van der Waals surface area contributed by atoms with E-state index in [0.717, 1.165) is 11.1 Å². The molecule has 1 fully saturated rings. The number of nitriles is 2. The summed E-state index contributed by atoms with van der Waals surface area (Å²) in [6, 6.07) is 17.2. The van der Waals surface area contributed by atoms with Gasteiger partial charge in [-0.1, -0.05) is 30.3 Å². The number of rotatable bonds is 3. The van der Waals surface area contributed by atoms with E-state index in [1.165, 1.54) is 7.11 Å². The molecule has 5 nitrogen and oxygen atoms in total. The molecule has 0 saturated heterocycles. The van der Waals surface area contributed by atoms with Crippen molar-refractivity contribution in [2.75, 3.05) is 14.2 Å². The maximum Gasteiger partial charge on any atom is 0.172 e. The van der Waals surface area contributed by atoms with Gasteiger partial charge < -0.3 is 9.47 Å². The number of ketones is 1. The molecule has 0 aliphatic heterocycles. The van der Waals surface area contributed by atoms with Crippen LogP contribution in [-0.4, -0.2) is 20.0 Å². The van der Waals surface area contributed by atoms with Crippen molar-refractivity contribution in [3.63, 3.8) is 0 Å². The fourth-order valence-corrected chi connectivity index (χ4v) is 4.75. The van der Waals surface area contributed by atoms with Crippen LogP contribution in [0.5, 0.6) is 11.5 Å². The maximum absolute atomic E-state index is 13.4. The molecule has 2 aromatic rings. The predicted molar refractivity (Wildman–Crippen MR) is 97.5 cm³/mol. The van der Waals surface area contributed by atoms with Crippen molar-refractivity contribution in [3.05, 3.63) is 59.2 Å². The van der Waals surface area contributed by atoms with Gasteiger partial charge in [0.2, 0.25) is 0 Å². The average Bonchev–Trinajstić information content (AvgIpc) is 3.33. The number of aryl methyl sites for hydroxylation is 1. The zero-order valence-electron chi connectivity index (χ0n) is 15.2. The van der Waals surface area contributed by atoms with E-state index >= 15 is 0 Å². The Balaban J connectivity index is 1.86. The van der Waals surface area contributed by atoms with E-state index in [1.54, 1.807) is 25.3 Å². The molecule has 0 aromatic heterocycles. The third kappa shape index (κ3) is 2.00. The quantitative estimate of drug-likeness (QED) is 0.836. The third-order valence-electron chi connectivity index (χ3n) is 6.10. The highest BCUT2D eigenvalue weighted by Gasteiger charge is 2.82. The van der Waals surface area contributed by atoms with Gasteiger partial charge in [-0.15, -0.1) is 0 Å². The summed E-state index contributed by atoms with van der Waals surface area (Å²) in [4.78, 5) is 13.4. The largest absolute Gasteiger partial charge is 0.493 e. The molecule has 2 aromatic carbocycles. The number of benzene rings is 2. The summed E-state index contributed by atoms with van der Waals surface area (Å²) in [6.45, 7) is 0. The predicted octanol–water partition coefficient (Wildman–Crippen LogP) is 3.65. The first-order valence-electron chi connectivity index (χ1n) is 8.76. The Labute approximate surface area is 157 Å². The molecular formula is C22H18N2O3. The first kappa shape index (κ1) is 17.1. The normalized spacial score (nSPS) is 24.4. The molecule has 1 saturated carbocycles. The second-order valence-electron chi connectivity index (χ2n) is 7.04. The fourth-order valence-electron chi connectivity index (χ4n) is 4.75. The Morgan fingerprint density at radius 3 is 2.41 bits per heavy atom. The minimum atomic E-state index is -1.36. The Morgan fingerprint density at radius 2 is 1.74 bits per heavy atom. The van der Waals surface area contributed by atoms with Gasteiger partial charge in [-0.05, 0) is 36.1 Å².